The van der Waals surface area contributed by atoms with Gasteiger partial charge in [-0.1, -0.05) is 6.07 Å². The number of nitrogens with one attached hydrogen (secondary N) is 2. The molecule has 0 heterocycles. The van der Waals surface area contributed by atoms with Gasteiger partial charge < -0.3 is 10.6 Å². The number of carbonyl (C=O) groups is 1. The Balaban J connectivity index is 2.55. The molecule has 0 saturated carbocycles. The average molecular weight is 289 g/mol. The lowest BCUT2D eigenvalue weighted by Gasteiger charge is -2.12. The molecule has 0 aliphatic heterocycles. The van der Waals surface area contributed by atoms with Gasteiger partial charge in [0.15, 0.2) is 0 Å². The standard InChI is InChI=1S/C11H14BrFN2O/c1-7(11(16)14-2)15-6-8-3-4-10(13)9(12)5-8/h3-5,7,15H,6H2,1-2H3,(H,14,16)/t7-/m1/s1. The van der Waals surface area contributed by atoms with E-state index in [1.54, 1.807) is 26.1 Å². The third kappa shape index (κ3) is 3.57. The minimum atomic E-state index is -0.289. The van der Waals surface area contributed by atoms with Crippen LogP contribution in [0.4, 0.5) is 4.39 Å². The second kappa shape index (κ2) is 5.96. The van der Waals surface area contributed by atoms with Crippen LogP contribution in [-0.4, -0.2) is 19.0 Å². The molecule has 5 heteroatoms. The van der Waals surface area contributed by atoms with E-state index >= 15 is 0 Å². The Morgan fingerprint density at radius 3 is 2.81 bits per heavy atom. The van der Waals surface area contributed by atoms with Crippen LogP contribution in [0.2, 0.25) is 0 Å². The number of likely N-dealkylation sites (N-methyl/N-ethyl adjacent to an activating group) is 1. The van der Waals surface area contributed by atoms with E-state index in [-0.39, 0.29) is 17.8 Å². The van der Waals surface area contributed by atoms with Crippen LogP contribution >= 0.6 is 15.9 Å². The first kappa shape index (κ1) is 13.1. The minimum absolute atomic E-state index is 0.0684. The summed E-state index contributed by atoms with van der Waals surface area (Å²) in [6.07, 6.45) is 0. The molecule has 0 bridgehead atoms. The number of hydrogen-bond acceptors (Lipinski definition) is 2. The molecule has 2 N–H and O–H groups in total. The van der Waals surface area contributed by atoms with Gasteiger partial charge in [-0.2, -0.15) is 0 Å². The van der Waals surface area contributed by atoms with E-state index in [1.165, 1.54) is 6.07 Å². The fourth-order valence-electron chi connectivity index (χ4n) is 1.23. The van der Waals surface area contributed by atoms with Crippen LogP contribution in [0.25, 0.3) is 0 Å². The fourth-order valence-corrected chi connectivity index (χ4v) is 1.66. The zero-order chi connectivity index (χ0) is 12.1. The Labute approximate surface area is 103 Å². The van der Waals surface area contributed by atoms with Crippen LogP contribution < -0.4 is 10.6 Å². The molecule has 0 aliphatic carbocycles. The SMILES string of the molecule is CNC(=O)[C@@H](C)NCc1ccc(F)c(Br)c1. The Hall–Kier alpha value is -0.940. The molecular weight excluding hydrogens is 275 g/mol. The summed E-state index contributed by atoms with van der Waals surface area (Å²) < 4.78 is 13.4. The second-order valence-electron chi connectivity index (χ2n) is 3.47. The van der Waals surface area contributed by atoms with Gasteiger partial charge in [-0.25, -0.2) is 4.39 Å². The largest absolute Gasteiger partial charge is 0.358 e. The predicted molar refractivity (Wildman–Crippen MR) is 64.5 cm³/mol. The number of halogens is 2. The first-order valence-corrected chi connectivity index (χ1v) is 5.72. The Bertz CT molecular complexity index is 384. The van der Waals surface area contributed by atoms with Crippen molar-refractivity contribution in [2.75, 3.05) is 7.05 Å². The van der Waals surface area contributed by atoms with Gasteiger partial charge in [0.05, 0.1) is 10.5 Å². The summed E-state index contributed by atoms with van der Waals surface area (Å²) in [4.78, 5) is 11.2. The molecule has 1 atom stereocenters. The first-order valence-electron chi connectivity index (χ1n) is 4.93. The van der Waals surface area contributed by atoms with E-state index in [4.69, 9.17) is 0 Å². The zero-order valence-electron chi connectivity index (χ0n) is 9.18. The van der Waals surface area contributed by atoms with Crippen molar-refractivity contribution in [1.82, 2.24) is 10.6 Å². The van der Waals surface area contributed by atoms with Crippen molar-refractivity contribution in [2.45, 2.75) is 19.5 Å². The highest BCUT2D eigenvalue weighted by Crippen LogP contribution is 2.16. The predicted octanol–water partition coefficient (Wildman–Crippen LogP) is 1.81. The monoisotopic (exact) mass is 288 g/mol. The molecule has 3 nitrogen and oxygen atoms in total. The van der Waals surface area contributed by atoms with Gasteiger partial charge >= 0.3 is 0 Å². The van der Waals surface area contributed by atoms with E-state index in [0.717, 1.165) is 5.56 Å². The summed E-state index contributed by atoms with van der Waals surface area (Å²) in [6.45, 7) is 2.30. The molecule has 0 saturated heterocycles. The minimum Gasteiger partial charge on any atom is -0.358 e. The van der Waals surface area contributed by atoms with Crippen molar-refractivity contribution in [1.29, 1.82) is 0 Å². The van der Waals surface area contributed by atoms with Gasteiger partial charge in [-0.15, -0.1) is 0 Å². The van der Waals surface area contributed by atoms with Gasteiger partial charge in [0.25, 0.3) is 0 Å². The van der Waals surface area contributed by atoms with E-state index in [9.17, 15) is 9.18 Å². The Kier molecular flexibility index (Phi) is 4.89. The van der Waals surface area contributed by atoms with Crippen molar-refractivity contribution in [3.63, 3.8) is 0 Å². The fraction of sp³-hybridized carbons (Fsp3) is 0.364. The summed E-state index contributed by atoms with van der Waals surface area (Å²) in [7, 11) is 1.59. The third-order valence-corrected chi connectivity index (χ3v) is 2.84. The maximum atomic E-state index is 12.9. The van der Waals surface area contributed by atoms with Crippen molar-refractivity contribution < 1.29 is 9.18 Å². The van der Waals surface area contributed by atoms with Crippen LogP contribution in [0.3, 0.4) is 0 Å². The average Bonchev–Trinajstić information content (AvgIpc) is 2.29. The quantitative estimate of drug-likeness (QED) is 0.887. The van der Waals surface area contributed by atoms with Crippen molar-refractivity contribution in [3.05, 3.63) is 34.1 Å². The van der Waals surface area contributed by atoms with Crippen LogP contribution in [0.15, 0.2) is 22.7 Å². The summed E-state index contributed by atoms with van der Waals surface area (Å²) in [5.74, 6) is -0.357. The first-order chi connectivity index (χ1) is 7.54. The molecular formula is C11H14BrFN2O. The van der Waals surface area contributed by atoms with Crippen molar-refractivity contribution >= 4 is 21.8 Å². The Morgan fingerprint density at radius 2 is 2.25 bits per heavy atom. The molecule has 16 heavy (non-hydrogen) atoms. The molecule has 1 aromatic carbocycles. The van der Waals surface area contributed by atoms with Gasteiger partial charge in [0, 0.05) is 13.6 Å². The number of amides is 1. The highest BCUT2D eigenvalue weighted by molar-refractivity contribution is 9.10. The highest BCUT2D eigenvalue weighted by atomic mass is 79.9. The summed E-state index contributed by atoms with van der Waals surface area (Å²) in [5, 5.41) is 5.59. The Morgan fingerprint density at radius 1 is 1.56 bits per heavy atom. The number of rotatable bonds is 4. The van der Waals surface area contributed by atoms with Crippen LogP contribution in [0.1, 0.15) is 12.5 Å². The molecule has 0 unspecified atom stereocenters. The van der Waals surface area contributed by atoms with Crippen LogP contribution in [-0.2, 0) is 11.3 Å². The topological polar surface area (TPSA) is 41.1 Å². The van der Waals surface area contributed by atoms with Crippen LogP contribution in [0, 0.1) is 5.82 Å². The van der Waals surface area contributed by atoms with Crippen molar-refractivity contribution in [3.8, 4) is 0 Å². The lowest BCUT2D eigenvalue weighted by atomic mass is 10.2. The van der Waals surface area contributed by atoms with E-state index in [2.05, 4.69) is 26.6 Å². The number of benzene rings is 1. The smallest absolute Gasteiger partial charge is 0.236 e. The van der Waals surface area contributed by atoms with E-state index in [1.807, 2.05) is 0 Å². The van der Waals surface area contributed by atoms with Crippen molar-refractivity contribution in [2.24, 2.45) is 0 Å². The second-order valence-corrected chi connectivity index (χ2v) is 4.32. The molecule has 0 aromatic heterocycles. The van der Waals surface area contributed by atoms with E-state index in [0.29, 0.717) is 11.0 Å². The molecule has 0 aliphatic rings. The lowest BCUT2D eigenvalue weighted by molar-refractivity contribution is -0.122. The normalized spacial score (nSPS) is 12.2. The summed E-state index contributed by atoms with van der Waals surface area (Å²) in [6, 6.07) is 4.50. The highest BCUT2D eigenvalue weighted by Gasteiger charge is 2.09. The molecule has 0 radical (unpaired) electrons. The molecule has 1 rings (SSSR count). The molecule has 0 spiro atoms. The summed E-state index contributed by atoms with van der Waals surface area (Å²) >= 11 is 3.11. The van der Waals surface area contributed by atoms with Gasteiger partial charge in [-0.05, 0) is 40.5 Å². The zero-order valence-corrected chi connectivity index (χ0v) is 10.8. The third-order valence-electron chi connectivity index (χ3n) is 2.24. The maximum absolute atomic E-state index is 12.9. The van der Waals surface area contributed by atoms with Gasteiger partial charge in [0.2, 0.25) is 5.91 Å². The van der Waals surface area contributed by atoms with Gasteiger partial charge in [0.1, 0.15) is 5.82 Å². The van der Waals surface area contributed by atoms with Crippen LogP contribution in [0.5, 0.6) is 0 Å². The maximum Gasteiger partial charge on any atom is 0.236 e. The van der Waals surface area contributed by atoms with Gasteiger partial charge in [-0.3, -0.25) is 4.79 Å². The molecule has 0 fully saturated rings. The molecule has 1 aromatic rings. The van der Waals surface area contributed by atoms with E-state index < -0.39 is 0 Å². The lowest BCUT2D eigenvalue weighted by Crippen LogP contribution is -2.40. The summed E-state index contributed by atoms with van der Waals surface area (Å²) in [5.41, 5.74) is 0.920. The number of carbonyl (C=O) groups excluding carboxylic acids is 1. The molecule has 1 amide bonds. The molecule has 88 valence electrons. The number of hydrogen-bond donors (Lipinski definition) is 2.